The standard InChI is InChI=1S/C13H7N5O2/c14-7-9(8-15)16-17-12-5-1-4-11-10(12)3-2-6-13(11)18(19)20/h1-6,17H. The molecule has 0 fully saturated rings. The second-order valence-electron chi connectivity index (χ2n) is 3.73. The molecule has 0 bridgehead atoms. The molecule has 0 radical (unpaired) electrons. The van der Waals surface area contributed by atoms with Crippen LogP contribution in [0.15, 0.2) is 41.5 Å². The van der Waals surface area contributed by atoms with Crippen LogP contribution in [0.25, 0.3) is 10.8 Å². The molecule has 1 N–H and O–H groups in total. The van der Waals surface area contributed by atoms with Crippen molar-refractivity contribution in [2.45, 2.75) is 0 Å². The number of hydrazone groups is 1. The summed E-state index contributed by atoms with van der Waals surface area (Å²) >= 11 is 0. The minimum absolute atomic E-state index is 0.0177. The number of anilines is 1. The molecule has 0 heterocycles. The maximum absolute atomic E-state index is 11.0. The Balaban J connectivity index is 2.55. The number of nitro groups is 1. The van der Waals surface area contributed by atoms with Crippen molar-refractivity contribution >= 4 is 27.9 Å². The van der Waals surface area contributed by atoms with Crippen LogP contribution >= 0.6 is 0 Å². The Bertz CT molecular complexity index is 782. The summed E-state index contributed by atoms with van der Waals surface area (Å²) < 4.78 is 0. The van der Waals surface area contributed by atoms with Crippen molar-refractivity contribution in [1.29, 1.82) is 10.5 Å². The first-order chi connectivity index (χ1) is 9.67. The summed E-state index contributed by atoms with van der Waals surface area (Å²) in [5, 5.41) is 32.8. The van der Waals surface area contributed by atoms with E-state index < -0.39 is 4.92 Å². The molecule has 7 heteroatoms. The molecule has 0 amide bonds. The Kier molecular flexibility index (Phi) is 3.55. The Morgan fingerprint density at radius 1 is 1.15 bits per heavy atom. The number of non-ortho nitro benzene ring substituents is 1. The number of hydrogen-bond acceptors (Lipinski definition) is 6. The van der Waals surface area contributed by atoms with Gasteiger partial charge in [-0.15, -0.1) is 0 Å². The lowest BCUT2D eigenvalue weighted by Gasteiger charge is -2.05. The van der Waals surface area contributed by atoms with Gasteiger partial charge >= 0.3 is 0 Å². The van der Waals surface area contributed by atoms with Crippen molar-refractivity contribution in [3.05, 3.63) is 46.5 Å². The van der Waals surface area contributed by atoms with Gasteiger partial charge in [-0.05, 0) is 12.1 Å². The van der Waals surface area contributed by atoms with Gasteiger partial charge in [0.1, 0.15) is 12.1 Å². The summed E-state index contributed by atoms with van der Waals surface area (Å²) in [7, 11) is 0. The molecule has 0 saturated carbocycles. The van der Waals surface area contributed by atoms with Crippen LogP contribution in [0.5, 0.6) is 0 Å². The largest absolute Gasteiger partial charge is 0.277 e. The molecule has 0 spiro atoms. The van der Waals surface area contributed by atoms with E-state index in [1.807, 2.05) is 0 Å². The average Bonchev–Trinajstić information content (AvgIpc) is 2.47. The van der Waals surface area contributed by atoms with Crippen LogP contribution in [0.3, 0.4) is 0 Å². The summed E-state index contributed by atoms with van der Waals surface area (Å²) in [4.78, 5) is 10.5. The van der Waals surface area contributed by atoms with Gasteiger partial charge in [-0.3, -0.25) is 15.5 Å². The molecule has 0 atom stereocenters. The molecule has 2 aromatic rings. The number of hydrogen-bond donors (Lipinski definition) is 1. The van der Waals surface area contributed by atoms with Crippen LogP contribution < -0.4 is 5.43 Å². The third-order valence-corrected chi connectivity index (χ3v) is 2.60. The Morgan fingerprint density at radius 3 is 2.45 bits per heavy atom. The van der Waals surface area contributed by atoms with Gasteiger partial charge in [-0.2, -0.15) is 15.6 Å². The van der Waals surface area contributed by atoms with E-state index in [1.54, 1.807) is 42.5 Å². The highest BCUT2D eigenvalue weighted by molar-refractivity contribution is 6.10. The van der Waals surface area contributed by atoms with Crippen LogP contribution in [-0.2, 0) is 0 Å². The van der Waals surface area contributed by atoms with E-state index >= 15 is 0 Å². The highest BCUT2D eigenvalue weighted by Crippen LogP contribution is 2.30. The minimum atomic E-state index is -0.467. The van der Waals surface area contributed by atoms with Gasteiger partial charge in [-0.25, -0.2) is 0 Å². The number of nitro benzene ring substituents is 1. The Labute approximate surface area is 113 Å². The van der Waals surface area contributed by atoms with Crippen molar-refractivity contribution in [2.24, 2.45) is 5.10 Å². The van der Waals surface area contributed by atoms with Crippen molar-refractivity contribution in [2.75, 3.05) is 5.43 Å². The van der Waals surface area contributed by atoms with Gasteiger partial charge in [0, 0.05) is 11.5 Å². The maximum atomic E-state index is 11.0. The molecular formula is C13H7N5O2. The van der Waals surface area contributed by atoms with Crippen molar-refractivity contribution in [1.82, 2.24) is 0 Å². The molecule has 0 aliphatic heterocycles. The molecule has 7 nitrogen and oxygen atoms in total. The van der Waals surface area contributed by atoms with Gasteiger partial charge in [0.15, 0.2) is 0 Å². The third-order valence-electron chi connectivity index (χ3n) is 2.60. The highest BCUT2D eigenvalue weighted by atomic mass is 16.6. The van der Waals surface area contributed by atoms with Gasteiger partial charge in [-0.1, -0.05) is 18.2 Å². The van der Waals surface area contributed by atoms with Crippen LogP contribution in [0, 0.1) is 32.8 Å². The van der Waals surface area contributed by atoms with E-state index in [1.165, 1.54) is 6.07 Å². The van der Waals surface area contributed by atoms with Crippen LogP contribution in [0.2, 0.25) is 0 Å². The maximum Gasteiger partial charge on any atom is 0.277 e. The van der Waals surface area contributed by atoms with Gasteiger partial charge in [0.2, 0.25) is 5.71 Å². The van der Waals surface area contributed by atoms with E-state index in [0.29, 0.717) is 16.5 Å². The topological polar surface area (TPSA) is 115 Å². The lowest BCUT2D eigenvalue weighted by Crippen LogP contribution is -1.97. The summed E-state index contributed by atoms with van der Waals surface area (Å²) in [6, 6.07) is 12.8. The van der Waals surface area contributed by atoms with Crippen molar-refractivity contribution in [3.8, 4) is 12.1 Å². The lowest BCUT2D eigenvalue weighted by atomic mass is 10.1. The zero-order valence-electron chi connectivity index (χ0n) is 10.1. The summed E-state index contributed by atoms with van der Waals surface area (Å²) in [6.45, 7) is 0. The summed E-state index contributed by atoms with van der Waals surface area (Å²) in [6.07, 6.45) is 0. The van der Waals surface area contributed by atoms with E-state index in [4.69, 9.17) is 10.5 Å². The lowest BCUT2D eigenvalue weighted by molar-refractivity contribution is -0.383. The van der Waals surface area contributed by atoms with Gasteiger partial charge in [0.25, 0.3) is 5.69 Å². The molecule has 0 aromatic heterocycles. The molecule has 0 aliphatic carbocycles. The van der Waals surface area contributed by atoms with E-state index in [2.05, 4.69) is 10.5 Å². The van der Waals surface area contributed by atoms with E-state index in [0.717, 1.165) is 0 Å². The molecule has 20 heavy (non-hydrogen) atoms. The fourth-order valence-electron chi connectivity index (χ4n) is 1.74. The quantitative estimate of drug-likeness (QED) is 0.520. The number of benzene rings is 2. The normalized spacial score (nSPS) is 9.30. The molecule has 96 valence electrons. The molecule has 0 unspecified atom stereocenters. The predicted octanol–water partition coefficient (Wildman–Crippen LogP) is 2.56. The minimum Gasteiger partial charge on any atom is -0.276 e. The predicted molar refractivity (Wildman–Crippen MR) is 72.9 cm³/mol. The molecule has 2 aromatic carbocycles. The summed E-state index contributed by atoms with van der Waals surface area (Å²) in [5.74, 6) is 0. The van der Waals surface area contributed by atoms with Crippen molar-refractivity contribution < 1.29 is 4.92 Å². The second-order valence-corrected chi connectivity index (χ2v) is 3.73. The van der Waals surface area contributed by atoms with E-state index in [9.17, 15) is 10.1 Å². The third kappa shape index (κ3) is 2.37. The molecule has 2 rings (SSSR count). The average molecular weight is 265 g/mol. The van der Waals surface area contributed by atoms with Gasteiger partial charge in [0.05, 0.1) is 16.0 Å². The first kappa shape index (κ1) is 13.0. The molecule has 0 saturated heterocycles. The van der Waals surface area contributed by atoms with E-state index in [-0.39, 0.29) is 11.4 Å². The smallest absolute Gasteiger partial charge is 0.276 e. The number of nitrogens with zero attached hydrogens (tertiary/aromatic N) is 4. The van der Waals surface area contributed by atoms with Crippen molar-refractivity contribution in [3.63, 3.8) is 0 Å². The monoisotopic (exact) mass is 265 g/mol. The fourth-order valence-corrected chi connectivity index (χ4v) is 1.74. The number of nitriles is 2. The highest BCUT2D eigenvalue weighted by Gasteiger charge is 2.12. The van der Waals surface area contributed by atoms with Crippen LogP contribution in [0.4, 0.5) is 11.4 Å². The zero-order chi connectivity index (χ0) is 14.5. The first-order valence-electron chi connectivity index (χ1n) is 5.47. The molecular weight excluding hydrogens is 258 g/mol. The number of nitrogens with one attached hydrogen (secondary N) is 1. The first-order valence-corrected chi connectivity index (χ1v) is 5.47. The molecule has 0 aliphatic rings. The second kappa shape index (κ2) is 5.46. The van der Waals surface area contributed by atoms with Gasteiger partial charge < -0.3 is 0 Å². The Hall–Kier alpha value is -3.45. The van der Waals surface area contributed by atoms with Crippen LogP contribution in [0.1, 0.15) is 0 Å². The SMILES string of the molecule is N#CC(C#N)=NNc1cccc2c([N+](=O)[O-])cccc12. The number of fused-ring (bicyclic) bond motifs is 1. The Morgan fingerprint density at radius 2 is 1.80 bits per heavy atom. The summed E-state index contributed by atoms with van der Waals surface area (Å²) in [5.41, 5.74) is 2.71. The fraction of sp³-hybridized carbons (Fsp3) is 0. The number of rotatable bonds is 3. The van der Waals surface area contributed by atoms with Crippen LogP contribution in [-0.4, -0.2) is 10.6 Å². The zero-order valence-corrected chi connectivity index (χ0v) is 10.1.